The summed E-state index contributed by atoms with van der Waals surface area (Å²) in [6, 6.07) is 13.5. The van der Waals surface area contributed by atoms with Crippen molar-refractivity contribution < 1.29 is 12.8 Å². The molecule has 1 aliphatic rings. The first-order chi connectivity index (χ1) is 15.0. The first kappa shape index (κ1) is 21.2. The number of sulfone groups is 1. The number of benzene rings is 2. The summed E-state index contributed by atoms with van der Waals surface area (Å²) >= 11 is 0. The van der Waals surface area contributed by atoms with Crippen LogP contribution in [-0.4, -0.2) is 24.9 Å². The van der Waals surface area contributed by atoms with Gasteiger partial charge in [-0.05, 0) is 55.2 Å². The number of anilines is 1. The van der Waals surface area contributed by atoms with E-state index in [2.05, 4.69) is 15.3 Å². The third kappa shape index (κ3) is 4.52. The van der Waals surface area contributed by atoms with Crippen LogP contribution in [0.3, 0.4) is 0 Å². The van der Waals surface area contributed by atoms with Crippen LogP contribution in [0.4, 0.5) is 10.2 Å². The molecule has 0 saturated heterocycles. The van der Waals surface area contributed by atoms with Gasteiger partial charge in [0.2, 0.25) is 9.84 Å². The molecule has 0 spiro atoms. The van der Waals surface area contributed by atoms with Crippen molar-refractivity contribution >= 4 is 26.7 Å². The molecule has 0 unspecified atom stereocenters. The van der Waals surface area contributed by atoms with Gasteiger partial charge in [0, 0.05) is 6.54 Å². The zero-order valence-electron chi connectivity index (χ0n) is 17.0. The Kier molecular flexibility index (Phi) is 6.14. The molecule has 1 atom stereocenters. The average Bonchev–Trinajstić information content (AvgIpc) is 2.79. The Bertz CT molecular complexity index is 1220. The van der Waals surface area contributed by atoms with Gasteiger partial charge in [-0.2, -0.15) is 5.26 Å². The van der Waals surface area contributed by atoms with Crippen molar-refractivity contribution in [3.8, 4) is 6.07 Å². The summed E-state index contributed by atoms with van der Waals surface area (Å²) in [5.41, 5.74) is 1.20. The molecule has 0 bridgehead atoms. The molecule has 2 aromatic carbocycles. The lowest BCUT2D eigenvalue weighted by atomic mass is 9.89. The lowest BCUT2D eigenvalue weighted by Crippen LogP contribution is -2.21. The second-order valence-electron chi connectivity index (χ2n) is 7.84. The highest BCUT2D eigenvalue weighted by molar-refractivity contribution is 7.92. The van der Waals surface area contributed by atoms with Crippen LogP contribution in [0.15, 0.2) is 53.4 Å². The molecule has 8 heteroatoms. The number of halogens is 1. The van der Waals surface area contributed by atoms with Crippen LogP contribution in [0.25, 0.3) is 11.0 Å². The van der Waals surface area contributed by atoms with Gasteiger partial charge < -0.3 is 5.32 Å². The second-order valence-corrected chi connectivity index (χ2v) is 9.87. The van der Waals surface area contributed by atoms with E-state index >= 15 is 0 Å². The third-order valence-corrected chi connectivity index (χ3v) is 7.58. The smallest absolute Gasteiger partial charge is 0.200 e. The van der Waals surface area contributed by atoms with Gasteiger partial charge in [0.05, 0.1) is 22.0 Å². The maximum atomic E-state index is 13.3. The molecule has 3 aromatic rings. The van der Waals surface area contributed by atoms with E-state index in [1.165, 1.54) is 31.4 Å². The predicted octanol–water partition coefficient (Wildman–Crippen LogP) is 4.80. The van der Waals surface area contributed by atoms with E-state index in [-0.39, 0.29) is 10.6 Å². The van der Waals surface area contributed by atoms with Crippen LogP contribution < -0.4 is 5.32 Å². The van der Waals surface area contributed by atoms with Gasteiger partial charge in [0.25, 0.3) is 0 Å². The van der Waals surface area contributed by atoms with Crippen LogP contribution in [0.5, 0.6) is 0 Å². The summed E-state index contributed by atoms with van der Waals surface area (Å²) in [6.45, 7) is 0.648. The molecule has 160 valence electrons. The zero-order chi connectivity index (χ0) is 21.8. The van der Waals surface area contributed by atoms with Gasteiger partial charge in [0.15, 0.2) is 11.1 Å². The van der Waals surface area contributed by atoms with Gasteiger partial charge in [-0.3, -0.25) is 0 Å². The summed E-state index contributed by atoms with van der Waals surface area (Å²) < 4.78 is 39.8. The molecule has 6 nitrogen and oxygen atoms in total. The third-order valence-electron chi connectivity index (χ3n) is 5.70. The summed E-state index contributed by atoms with van der Waals surface area (Å²) in [6.07, 6.45) is 5.83. The average molecular weight is 439 g/mol. The van der Waals surface area contributed by atoms with Crippen molar-refractivity contribution in [1.82, 2.24) is 9.97 Å². The van der Waals surface area contributed by atoms with Crippen LogP contribution in [-0.2, 0) is 9.84 Å². The molecule has 0 amide bonds. The fourth-order valence-electron chi connectivity index (χ4n) is 4.00. The number of rotatable bonds is 6. The monoisotopic (exact) mass is 438 g/mol. The van der Waals surface area contributed by atoms with Crippen molar-refractivity contribution in [3.05, 3.63) is 60.0 Å². The molecular formula is C23H23FN4O2S. The molecule has 0 aliphatic heterocycles. The van der Waals surface area contributed by atoms with Crippen LogP contribution in [0, 0.1) is 23.1 Å². The molecule has 1 saturated carbocycles. The van der Waals surface area contributed by atoms with Gasteiger partial charge in [0.1, 0.15) is 11.5 Å². The first-order valence-electron chi connectivity index (χ1n) is 10.4. The Hall–Kier alpha value is -3.05. The van der Waals surface area contributed by atoms with Crippen LogP contribution >= 0.6 is 0 Å². The molecule has 1 aliphatic carbocycles. The molecule has 1 fully saturated rings. The molecule has 4 rings (SSSR count). The summed E-state index contributed by atoms with van der Waals surface area (Å²) in [5.74, 6) is 0.235. The van der Waals surface area contributed by atoms with Crippen molar-refractivity contribution in [2.45, 2.75) is 42.2 Å². The number of nitriles is 1. The molecule has 31 heavy (non-hydrogen) atoms. The molecule has 1 aromatic heterocycles. The van der Waals surface area contributed by atoms with Gasteiger partial charge in [-0.25, -0.2) is 22.8 Å². The van der Waals surface area contributed by atoms with E-state index in [9.17, 15) is 18.1 Å². The minimum atomic E-state index is -4.13. The summed E-state index contributed by atoms with van der Waals surface area (Å²) in [4.78, 5) is 8.99. The Morgan fingerprint density at radius 3 is 2.32 bits per heavy atom. The summed E-state index contributed by atoms with van der Waals surface area (Å²) in [5, 5.41) is 11.6. The minimum absolute atomic E-state index is 0.0707. The Morgan fingerprint density at radius 2 is 1.68 bits per heavy atom. The van der Waals surface area contributed by atoms with E-state index in [1.54, 1.807) is 18.2 Å². The Morgan fingerprint density at radius 1 is 1.03 bits per heavy atom. The van der Waals surface area contributed by atoms with E-state index in [4.69, 9.17) is 0 Å². The van der Waals surface area contributed by atoms with Crippen LogP contribution in [0.2, 0.25) is 0 Å². The predicted molar refractivity (Wildman–Crippen MR) is 117 cm³/mol. The number of nitrogens with zero attached hydrogens (tertiary/aromatic N) is 3. The first-order valence-corrected chi connectivity index (χ1v) is 11.9. The summed E-state index contributed by atoms with van der Waals surface area (Å²) in [7, 11) is -4.13. The van der Waals surface area contributed by atoms with Crippen LogP contribution in [0.1, 0.15) is 43.0 Å². The van der Waals surface area contributed by atoms with Gasteiger partial charge in [-0.1, -0.05) is 31.4 Å². The normalized spacial score (nSPS) is 16.0. The molecule has 1 N–H and O–H groups in total. The highest BCUT2D eigenvalue weighted by Gasteiger charge is 2.33. The zero-order valence-corrected chi connectivity index (χ0v) is 17.8. The molecular weight excluding hydrogens is 415 g/mol. The number of hydrogen-bond donors (Lipinski definition) is 1. The fourth-order valence-corrected chi connectivity index (χ4v) is 5.38. The second kappa shape index (κ2) is 8.98. The number of para-hydroxylation sites is 2. The lowest BCUT2D eigenvalue weighted by molar-refractivity contribution is 0.373. The van der Waals surface area contributed by atoms with Crippen molar-refractivity contribution in [1.29, 1.82) is 5.26 Å². The number of aromatic nitrogens is 2. The Balaban J connectivity index is 1.75. The van der Waals surface area contributed by atoms with Gasteiger partial charge >= 0.3 is 0 Å². The fraction of sp³-hybridized carbons (Fsp3) is 0.348. The largest absolute Gasteiger partial charge is 0.368 e. The molecule has 0 radical (unpaired) electrons. The highest BCUT2D eigenvalue weighted by Crippen LogP contribution is 2.33. The maximum absolute atomic E-state index is 13.3. The number of nitrogens with one attached hydrogen (secondary N) is 1. The quantitative estimate of drug-likeness (QED) is 0.556. The van der Waals surface area contributed by atoms with Gasteiger partial charge in [-0.15, -0.1) is 0 Å². The SMILES string of the molecule is N#C[C@@H](c1nc2ccccc2nc1NCC1CCCCC1)S(=O)(=O)c1ccc(F)cc1. The Labute approximate surface area is 181 Å². The number of hydrogen-bond acceptors (Lipinski definition) is 6. The minimum Gasteiger partial charge on any atom is -0.368 e. The standard InChI is InChI=1S/C23H23FN4O2S/c24-17-10-12-18(13-11-17)31(29,30)21(14-25)22-23(26-15-16-6-2-1-3-7-16)28-20-9-5-4-8-19(20)27-22/h4-5,8-13,16,21H,1-3,6-7,15H2,(H,26,28)/t21-/m0/s1. The number of fused-ring (bicyclic) bond motifs is 1. The van der Waals surface area contributed by atoms with Crippen molar-refractivity contribution in [2.24, 2.45) is 5.92 Å². The molecule has 1 heterocycles. The maximum Gasteiger partial charge on any atom is 0.200 e. The highest BCUT2D eigenvalue weighted by atomic mass is 32.2. The van der Waals surface area contributed by atoms with E-state index < -0.39 is 20.9 Å². The van der Waals surface area contributed by atoms with Crippen molar-refractivity contribution in [2.75, 3.05) is 11.9 Å². The van der Waals surface area contributed by atoms with E-state index in [1.807, 2.05) is 12.1 Å². The van der Waals surface area contributed by atoms with E-state index in [0.29, 0.717) is 29.3 Å². The van der Waals surface area contributed by atoms with Crippen molar-refractivity contribution in [3.63, 3.8) is 0 Å². The lowest BCUT2D eigenvalue weighted by Gasteiger charge is -2.23. The van der Waals surface area contributed by atoms with E-state index in [0.717, 1.165) is 25.0 Å². The topological polar surface area (TPSA) is 95.7 Å².